The number of hydrogen-bond acceptors (Lipinski definition) is 4. The summed E-state index contributed by atoms with van der Waals surface area (Å²) in [6.07, 6.45) is 0.779. The lowest BCUT2D eigenvalue weighted by atomic mass is 10.0. The zero-order valence-corrected chi connectivity index (χ0v) is 16.5. The van der Waals surface area contributed by atoms with Crippen LogP contribution in [0.3, 0.4) is 0 Å². The number of benzene rings is 2. The molecule has 1 amide bonds. The van der Waals surface area contributed by atoms with E-state index in [4.69, 9.17) is 9.84 Å². The number of amides is 1. The molecule has 0 aromatic heterocycles. The van der Waals surface area contributed by atoms with E-state index in [1.807, 2.05) is 6.07 Å². The second-order valence-corrected chi connectivity index (χ2v) is 6.96. The van der Waals surface area contributed by atoms with E-state index in [9.17, 15) is 14.7 Å². The molecule has 0 saturated carbocycles. The molecule has 0 aliphatic heterocycles. The predicted octanol–water partition coefficient (Wildman–Crippen LogP) is 5.24. The number of carbonyl (C=O) groups is 2. The summed E-state index contributed by atoms with van der Waals surface area (Å²) in [7, 11) is 0. The third kappa shape index (κ3) is 5.89. The number of para-hydroxylation sites is 1. The van der Waals surface area contributed by atoms with Crippen molar-refractivity contribution in [1.82, 2.24) is 0 Å². The van der Waals surface area contributed by atoms with Gasteiger partial charge < -0.3 is 14.9 Å². The summed E-state index contributed by atoms with van der Waals surface area (Å²) in [5.74, 6) is -1.20. The zero-order chi connectivity index (χ0) is 19.1. The minimum Gasteiger partial charge on any atom is -0.506 e. The number of aromatic hydroxyl groups is 1. The van der Waals surface area contributed by atoms with Gasteiger partial charge in [0.05, 0.1) is 4.47 Å². The number of rotatable bonds is 6. The van der Waals surface area contributed by atoms with Crippen LogP contribution >= 0.6 is 31.9 Å². The molecule has 3 N–H and O–H groups in total. The summed E-state index contributed by atoms with van der Waals surface area (Å²) in [5.41, 5.74) is 0.890. The number of carbonyl (C=O) groups excluding carboxylic acids is 1. The van der Waals surface area contributed by atoms with Crippen LogP contribution in [0, 0.1) is 0 Å². The summed E-state index contributed by atoms with van der Waals surface area (Å²) in [4.78, 5) is 22.9. The van der Waals surface area contributed by atoms with Crippen molar-refractivity contribution in [2.24, 2.45) is 0 Å². The average molecular weight is 485 g/mol. The second kappa shape index (κ2) is 9.40. The van der Waals surface area contributed by atoms with Crippen molar-refractivity contribution < 1.29 is 24.5 Å². The van der Waals surface area contributed by atoms with Gasteiger partial charge in [0.1, 0.15) is 11.9 Å². The Kier molecular flexibility index (Phi) is 7.23. The highest BCUT2D eigenvalue weighted by atomic mass is 79.9. The molecule has 2 rings (SSSR count). The number of nitrogens with one attached hydrogen (secondary N) is 1. The Labute approximate surface area is 166 Å². The first-order valence-electron chi connectivity index (χ1n) is 7.47. The van der Waals surface area contributed by atoms with E-state index in [2.05, 4.69) is 37.2 Å². The van der Waals surface area contributed by atoms with E-state index in [0.29, 0.717) is 20.2 Å². The normalized spacial score (nSPS) is 11.9. The van der Waals surface area contributed by atoms with Crippen LogP contribution in [0.15, 0.2) is 63.6 Å². The van der Waals surface area contributed by atoms with Gasteiger partial charge >= 0.3 is 12.1 Å². The maximum absolute atomic E-state index is 12.2. The standard InChI is InChI=1S/C18H15Br2NO5/c19-11-9-13(17(24)14(20)10-11)15(7-4-8-16(22)23)26-18(25)21-12-5-2-1-3-6-12/h1-6,8-10,15,24H,7H2,(H,21,25)(H,22,23)/b8-4+/t15-/m1/s1. The van der Waals surface area contributed by atoms with E-state index in [0.717, 1.165) is 6.08 Å². The maximum atomic E-state index is 12.2. The van der Waals surface area contributed by atoms with Gasteiger partial charge in [-0.25, -0.2) is 9.59 Å². The fraction of sp³-hybridized carbons (Fsp3) is 0.111. The van der Waals surface area contributed by atoms with Gasteiger partial charge in [0, 0.05) is 28.2 Å². The molecule has 136 valence electrons. The Morgan fingerprint density at radius 3 is 2.54 bits per heavy atom. The average Bonchev–Trinajstić information content (AvgIpc) is 2.58. The van der Waals surface area contributed by atoms with Crippen molar-refractivity contribution in [2.45, 2.75) is 12.5 Å². The first kappa shape index (κ1) is 20.0. The third-order valence-corrected chi connectivity index (χ3v) is 4.35. The lowest BCUT2D eigenvalue weighted by Crippen LogP contribution is -2.17. The minimum absolute atomic E-state index is 0.0744. The molecule has 8 heteroatoms. The monoisotopic (exact) mass is 483 g/mol. The van der Waals surface area contributed by atoms with E-state index in [1.54, 1.807) is 36.4 Å². The smallest absolute Gasteiger partial charge is 0.412 e. The van der Waals surface area contributed by atoms with Crippen molar-refractivity contribution in [2.75, 3.05) is 5.32 Å². The zero-order valence-electron chi connectivity index (χ0n) is 13.4. The highest BCUT2D eigenvalue weighted by molar-refractivity contribution is 9.11. The van der Waals surface area contributed by atoms with Crippen LogP contribution in [0.1, 0.15) is 18.1 Å². The Bertz CT molecular complexity index is 824. The Morgan fingerprint density at radius 2 is 1.88 bits per heavy atom. The SMILES string of the molecule is O=C(O)/C=C/C[C@@H](OC(=O)Nc1ccccc1)c1cc(Br)cc(Br)c1O. The first-order valence-corrected chi connectivity index (χ1v) is 9.05. The molecule has 0 fully saturated rings. The molecule has 2 aromatic rings. The fourth-order valence-corrected chi connectivity index (χ4v) is 3.42. The van der Waals surface area contributed by atoms with Crippen LogP contribution in [-0.4, -0.2) is 22.3 Å². The van der Waals surface area contributed by atoms with Crippen LogP contribution in [0.2, 0.25) is 0 Å². The number of hydrogen-bond donors (Lipinski definition) is 3. The molecule has 0 aliphatic rings. The Hall–Kier alpha value is -2.32. The lowest BCUT2D eigenvalue weighted by Gasteiger charge is -2.19. The number of carboxylic acids is 1. The Balaban J connectivity index is 2.23. The highest BCUT2D eigenvalue weighted by Crippen LogP contribution is 2.38. The molecule has 2 aromatic carbocycles. The molecule has 0 unspecified atom stereocenters. The van der Waals surface area contributed by atoms with Gasteiger partial charge in [-0.15, -0.1) is 0 Å². The number of phenolic OH excluding ortho intramolecular Hbond substituents is 1. The van der Waals surface area contributed by atoms with Crippen LogP contribution in [0.25, 0.3) is 0 Å². The quantitative estimate of drug-likeness (QED) is 0.487. The molecule has 0 aliphatic carbocycles. The molecule has 6 nitrogen and oxygen atoms in total. The van der Waals surface area contributed by atoms with Crippen LogP contribution in [0.5, 0.6) is 5.75 Å². The van der Waals surface area contributed by atoms with E-state index in [1.165, 1.54) is 6.08 Å². The fourth-order valence-electron chi connectivity index (χ4n) is 2.16. The van der Waals surface area contributed by atoms with Gasteiger partial charge in [0.2, 0.25) is 0 Å². The minimum atomic E-state index is -1.11. The largest absolute Gasteiger partial charge is 0.506 e. The van der Waals surface area contributed by atoms with E-state index >= 15 is 0 Å². The van der Waals surface area contributed by atoms with Crippen LogP contribution < -0.4 is 5.32 Å². The number of anilines is 1. The van der Waals surface area contributed by atoms with E-state index < -0.39 is 18.2 Å². The number of ether oxygens (including phenoxy) is 1. The van der Waals surface area contributed by atoms with Gasteiger partial charge in [0.15, 0.2) is 0 Å². The molecular formula is C18H15Br2NO5. The molecule has 0 saturated heterocycles. The van der Waals surface area contributed by atoms with Gasteiger partial charge in [0.25, 0.3) is 0 Å². The van der Waals surface area contributed by atoms with Crippen molar-refractivity contribution in [1.29, 1.82) is 0 Å². The molecule has 0 radical (unpaired) electrons. The maximum Gasteiger partial charge on any atom is 0.412 e. The lowest BCUT2D eigenvalue weighted by molar-refractivity contribution is -0.131. The van der Waals surface area contributed by atoms with Crippen molar-refractivity contribution >= 4 is 49.6 Å². The number of halogens is 2. The molecule has 0 bridgehead atoms. The van der Waals surface area contributed by atoms with Crippen LogP contribution in [0.4, 0.5) is 10.5 Å². The summed E-state index contributed by atoms with van der Waals surface area (Å²) in [5, 5.41) is 21.6. The van der Waals surface area contributed by atoms with Crippen molar-refractivity contribution in [3.8, 4) is 5.75 Å². The van der Waals surface area contributed by atoms with Crippen molar-refractivity contribution in [3.05, 3.63) is 69.1 Å². The third-order valence-electron chi connectivity index (χ3n) is 3.28. The Morgan fingerprint density at radius 1 is 1.19 bits per heavy atom. The highest BCUT2D eigenvalue weighted by Gasteiger charge is 2.21. The molecule has 26 heavy (non-hydrogen) atoms. The summed E-state index contributed by atoms with van der Waals surface area (Å²) in [6.45, 7) is 0. The number of carboxylic acid groups (broad SMARTS) is 1. The molecule has 0 heterocycles. The second-order valence-electron chi connectivity index (χ2n) is 5.19. The van der Waals surface area contributed by atoms with Gasteiger partial charge in [-0.1, -0.05) is 40.2 Å². The first-order chi connectivity index (χ1) is 12.4. The predicted molar refractivity (Wildman–Crippen MR) is 104 cm³/mol. The molecular weight excluding hydrogens is 470 g/mol. The topological polar surface area (TPSA) is 95.9 Å². The van der Waals surface area contributed by atoms with Crippen LogP contribution in [-0.2, 0) is 9.53 Å². The van der Waals surface area contributed by atoms with Crippen molar-refractivity contribution in [3.63, 3.8) is 0 Å². The summed E-state index contributed by atoms with van der Waals surface area (Å²) >= 11 is 6.55. The van der Waals surface area contributed by atoms with Gasteiger partial charge in [-0.05, 0) is 40.2 Å². The molecule has 1 atom stereocenters. The molecule has 0 spiro atoms. The van der Waals surface area contributed by atoms with Gasteiger partial charge in [-0.3, -0.25) is 5.32 Å². The van der Waals surface area contributed by atoms with Gasteiger partial charge in [-0.2, -0.15) is 0 Å². The number of aliphatic carboxylic acids is 1. The van der Waals surface area contributed by atoms with E-state index in [-0.39, 0.29) is 12.2 Å². The number of phenols is 1. The summed E-state index contributed by atoms with van der Waals surface area (Å²) < 4.78 is 6.50. The summed E-state index contributed by atoms with van der Waals surface area (Å²) in [6, 6.07) is 12.0.